The molecular formula is C14H22N2O. The van der Waals surface area contributed by atoms with E-state index in [0.717, 1.165) is 30.8 Å². The molecular weight excluding hydrogens is 212 g/mol. The zero-order valence-corrected chi connectivity index (χ0v) is 10.9. The third-order valence-electron chi connectivity index (χ3n) is 3.38. The van der Waals surface area contributed by atoms with Crippen LogP contribution in [0.4, 0.5) is 11.4 Å². The smallest absolute Gasteiger partial charge is 0.0758 e. The number of likely N-dealkylation sites (N-methyl/N-ethyl adjacent to an activating group) is 1. The van der Waals surface area contributed by atoms with E-state index in [1.807, 2.05) is 18.2 Å². The fourth-order valence-electron chi connectivity index (χ4n) is 2.45. The zero-order chi connectivity index (χ0) is 12.5. The van der Waals surface area contributed by atoms with E-state index in [9.17, 15) is 0 Å². The fourth-order valence-corrected chi connectivity index (χ4v) is 2.45. The molecule has 0 amide bonds. The van der Waals surface area contributed by atoms with Crippen LogP contribution >= 0.6 is 0 Å². The minimum Gasteiger partial charge on any atom is -0.397 e. The molecule has 1 saturated heterocycles. The van der Waals surface area contributed by atoms with Gasteiger partial charge in [-0.25, -0.2) is 0 Å². The highest BCUT2D eigenvalue weighted by atomic mass is 16.5. The number of nitrogens with zero attached hydrogens (tertiary/aromatic N) is 1. The van der Waals surface area contributed by atoms with Crippen molar-refractivity contribution in [3.8, 4) is 0 Å². The van der Waals surface area contributed by atoms with Gasteiger partial charge in [-0.1, -0.05) is 12.1 Å². The van der Waals surface area contributed by atoms with Crippen molar-refractivity contribution in [1.29, 1.82) is 0 Å². The first-order chi connectivity index (χ1) is 7.98. The monoisotopic (exact) mass is 234 g/mol. The molecule has 1 aliphatic rings. The second kappa shape index (κ2) is 4.57. The predicted molar refractivity (Wildman–Crippen MR) is 72.3 cm³/mol. The summed E-state index contributed by atoms with van der Waals surface area (Å²) in [5.41, 5.74) is 7.91. The van der Waals surface area contributed by atoms with Crippen molar-refractivity contribution >= 4 is 11.4 Å². The molecule has 17 heavy (non-hydrogen) atoms. The van der Waals surface area contributed by atoms with E-state index in [2.05, 4.69) is 31.9 Å². The second-order valence-corrected chi connectivity index (χ2v) is 5.48. The van der Waals surface area contributed by atoms with E-state index in [0.29, 0.717) is 6.10 Å². The van der Waals surface area contributed by atoms with Crippen LogP contribution in [0.2, 0.25) is 0 Å². The van der Waals surface area contributed by atoms with E-state index in [-0.39, 0.29) is 5.60 Å². The lowest BCUT2D eigenvalue weighted by molar-refractivity contribution is -0.0111. The first-order valence-corrected chi connectivity index (χ1v) is 6.21. The second-order valence-electron chi connectivity index (χ2n) is 5.48. The molecule has 1 fully saturated rings. The van der Waals surface area contributed by atoms with Crippen molar-refractivity contribution in [1.82, 2.24) is 0 Å². The van der Waals surface area contributed by atoms with Gasteiger partial charge in [-0.05, 0) is 38.8 Å². The Bertz CT molecular complexity index is 390. The predicted octanol–water partition coefficient (Wildman–Crippen LogP) is 2.66. The standard InChI is InChI=1S/C14H22N2O/c1-14(2)9-8-11(17-14)10-16(3)13-7-5-4-6-12(13)15/h4-7,11H,8-10,15H2,1-3H3. The van der Waals surface area contributed by atoms with Crippen molar-refractivity contribution in [2.24, 2.45) is 0 Å². The minimum atomic E-state index is 0.0355. The van der Waals surface area contributed by atoms with Crippen molar-refractivity contribution in [3.63, 3.8) is 0 Å². The van der Waals surface area contributed by atoms with E-state index < -0.39 is 0 Å². The highest BCUT2D eigenvalue weighted by molar-refractivity contribution is 5.66. The van der Waals surface area contributed by atoms with Crippen molar-refractivity contribution < 1.29 is 4.74 Å². The maximum atomic E-state index is 6.00. The number of ether oxygens (including phenoxy) is 1. The van der Waals surface area contributed by atoms with Crippen LogP contribution in [0.25, 0.3) is 0 Å². The van der Waals surface area contributed by atoms with Crippen LogP contribution in [0.1, 0.15) is 26.7 Å². The number of hydrogen-bond acceptors (Lipinski definition) is 3. The van der Waals surface area contributed by atoms with Gasteiger partial charge in [-0.3, -0.25) is 0 Å². The lowest BCUT2D eigenvalue weighted by atomic mass is 10.1. The molecule has 1 atom stereocenters. The molecule has 0 saturated carbocycles. The summed E-state index contributed by atoms with van der Waals surface area (Å²) < 4.78 is 6.00. The van der Waals surface area contributed by atoms with Crippen LogP contribution in [0.5, 0.6) is 0 Å². The Balaban J connectivity index is 1.99. The summed E-state index contributed by atoms with van der Waals surface area (Å²) in [6.07, 6.45) is 2.58. The third kappa shape index (κ3) is 2.91. The molecule has 1 aliphatic heterocycles. The van der Waals surface area contributed by atoms with Gasteiger partial charge in [-0.15, -0.1) is 0 Å². The summed E-state index contributed by atoms with van der Waals surface area (Å²) >= 11 is 0. The number of nitrogen functional groups attached to an aromatic ring is 1. The molecule has 1 unspecified atom stereocenters. The molecule has 2 N–H and O–H groups in total. The van der Waals surface area contributed by atoms with Gasteiger partial charge in [0, 0.05) is 13.6 Å². The average molecular weight is 234 g/mol. The molecule has 94 valence electrons. The van der Waals surface area contributed by atoms with Gasteiger partial charge in [0.05, 0.1) is 23.1 Å². The van der Waals surface area contributed by atoms with Gasteiger partial charge in [0.2, 0.25) is 0 Å². The molecule has 0 bridgehead atoms. The van der Waals surface area contributed by atoms with Gasteiger partial charge in [-0.2, -0.15) is 0 Å². The molecule has 1 aromatic carbocycles. The van der Waals surface area contributed by atoms with E-state index in [1.54, 1.807) is 0 Å². The highest BCUT2D eigenvalue weighted by Gasteiger charge is 2.32. The first-order valence-electron chi connectivity index (χ1n) is 6.21. The number of rotatable bonds is 3. The van der Waals surface area contributed by atoms with Crippen molar-refractivity contribution in [3.05, 3.63) is 24.3 Å². The van der Waals surface area contributed by atoms with Gasteiger partial charge in [0.25, 0.3) is 0 Å². The number of hydrogen-bond donors (Lipinski definition) is 1. The molecule has 0 aliphatic carbocycles. The lowest BCUT2D eigenvalue weighted by Crippen LogP contribution is -2.31. The molecule has 0 radical (unpaired) electrons. The Morgan fingerprint density at radius 2 is 2.12 bits per heavy atom. The van der Waals surface area contributed by atoms with Crippen molar-refractivity contribution in [2.45, 2.75) is 38.4 Å². The Morgan fingerprint density at radius 3 is 2.71 bits per heavy atom. The van der Waals surface area contributed by atoms with Gasteiger partial charge in [0.15, 0.2) is 0 Å². The topological polar surface area (TPSA) is 38.5 Å². The van der Waals surface area contributed by atoms with E-state index in [4.69, 9.17) is 10.5 Å². The third-order valence-corrected chi connectivity index (χ3v) is 3.38. The first kappa shape index (κ1) is 12.2. The number of para-hydroxylation sites is 2. The molecule has 0 aromatic heterocycles. The summed E-state index contributed by atoms with van der Waals surface area (Å²) in [6.45, 7) is 5.21. The Kier molecular flexibility index (Phi) is 3.29. The van der Waals surface area contributed by atoms with Crippen LogP contribution in [0.15, 0.2) is 24.3 Å². The normalized spacial score (nSPS) is 22.6. The largest absolute Gasteiger partial charge is 0.397 e. The fraction of sp³-hybridized carbons (Fsp3) is 0.571. The Labute approximate surface area is 104 Å². The summed E-state index contributed by atoms with van der Waals surface area (Å²) in [7, 11) is 2.07. The number of benzene rings is 1. The molecule has 1 aromatic rings. The van der Waals surface area contributed by atoms with Crippen LogP contribution < -0.4 is 10.6 Å². The highest BCUT2D eigenvalue weighted by Crippen LogP contribution is 2.31. The number of nitrogens with two attached hydrogens (primary N) is 1. The molecule has 3 heteroatoms. The quantitative estimate of drug-likeness (QED) is 0.817. The van der Waals surface area contributed by atoms with Crippen LogP contribution in [0, 0.1) is 0 Å². The van der Waals surface area contributed by atoms with E-state index in [1.165, 1.54) is 0 Å². The molecule has 0 spiro atoms. The van der Waals surface area contributed by atoms with E-state index >= 15 is 0 Å². The summed E-state index contributed by atoms with van der Waals surface area (Å²) in [5, 5.41) is 0. The van der Waals surface area contributed by atoms with Crippen LogP contribution in [0.3, 0.4) is 0 Å². The zero-order valence-electron chi connectivity index (χ0n) is 10.9. The number of anilines is 2. The summed E-state index contributed by atoms with van der Waals surface area (Å²) in [5.74, 6) is 0. The molecule has 2 rings (SSSR count). The maximum Gasteiger partial charge on any atom is 0.0758 e. The van der Waals surface area contributed by atoms with Gasteiger partial charge in [0.1, 0.15) is 0 Å². The molecule has 3 nitrogen and oxygen atoms in total. The molecule has 1 heterocycles. The Hall–Kier alpha value is -1.22. The van der Waals surface area contributed by atoms with Gasteiger partial charge >= 0.3 is 0 Å². The lowest BCUT2D eigenvalue weighted by Gasteiger charge is -2.26. The van der Waals surface area contributed by atoms with Crippen molar-refractivity contribution in [2.75, 3.05) is 24.2 Å². The van der Waals surface area contributed by atoms with Crippen LogP contribution in [-0.2, 0) is 4.74 Å². The average Bonchev–Trinajstić information content (AvgIpc) is 2.58. The summed E-state index contributed by atoms with van der Waals surface area (Å²) in [6, 6.07) is 7.96. The minimum absolute atomic E-state index is 0.0355. The SMILES string of the molecule is CN(CC1CCC(C)(C)O1)c1ccccc1N. The Morgan fingerprint density at radius 1 is 1.41 bits per heavy atom. The maximum absolute atomic E-state index is 6.00. The van der Waals surface area contributed by atoms with Crippen LogP contribution in [-0.4, -0.2) is 25.3 Å². The van der Waals surface area contributed by atoms with Gasteiger partial charge < -0.3 is 15.4 Å². The summed E-state index contributed by atoms with van der Waals surface area (Å²) in [4.78, 5) is 2.18.